The van der Waals surface area contributed by atoms with Gasteiger partial charge >= 0.3 is 0 Å². The van der Waals surface area contributed by atoms with E-state index in [4.69, 9.17) is 5.73 Å². The van der Waals surface area contributed by atoms with Crippen molar-refractivity contribution in [3.63, 3.8) is 0 Å². The van der Waals surface area contributed by atoms with Crippen molar-refractivity contribution in [2.75, 3.05) is 20.1 Å². The average molecular weight is 283 g/mol. The number of nitrogens with one attached hydrogen (secondary N) is 1. The smallest absolute Gasteiger partial charge is 0.234 e. The molecule has 1 amide bonds. The zero-order chi connectivity index (χ0) is 15.2. The molecule has 0 bridgehead atoms. The second kappa shape index (κ2) is 7.99. The van der Waals surface area contributed by atoms with Crippen LogP contribution in [0.3, 0.4) is 0 Å². The first-order chi connectivity index (χ1) is 9.35. The number of hydrogen-bond donors (Lipinski definition) is 2. The van der Waals surface area contributed by atoms with Gasteiger partial charge in [0, 0.05) is 12.6 Å². The molecule has 0 aromatic heterocycles. The highest BCUT2D eigenvalue weighted by Gasteiger charge is 2.29. The lowest BCUT2D eigenvalue weighted by molar-refractivity contribution is -0.120. The molecular formula is C16H33N3O. The molecule has 0 radical (unpaired) electrons. The van der Waals surface area contributed by atoms with Gasteiger partial charge in [0.25, 0.3) is 0 Å². The number of primary amides is 1. The van der Waals surface area contributed by atoms with E-state index < -0.39 is 0 Å². The van der Waals surface area contributed by atoms with Gasteiger partial charge in [0.05, 0.1) is 6.04 Å². The van der Waals surface area contributed by atoms with Gasteiger partial charge in [0.2, 0.25) is 5.91 Å². The van der Waals surface area contributed by atoms with Crippen molar-refractivity contribution in [2.24, 2.45) is 11.1 Å². The Morgan fingerprint density at radius 2 is 2.00 bits per heavy atom. The van der Waals surface area contributed by atoms with E-state index in [-0.39, 0.29) is 11.9 Å². The third-order valence-electron chi connectivity index (χ3n) is 4.69. The zero-order valence-corrected chi connectivity index (χ0v) is 13.7. The second-order valence-electron chi connectivity index (χ2n) is 7.07. The third-order valence-corrected chi connectivity index (χ3v) is 4.69. The molecule has 4 nitrogen and oxygen atoms in total. The molecule has 0 aromatic carbocycles. The fraction of sp³-hybridized carbons (Fsp3) is 0.938. The van der Waals surface area contributed by atoms with E-state index in [2.05, 4.69) is 38.0 Å². The zero-order valence-electron chi connectivity index (χ0n) is 13.7. The molecule has 4 heteroatoms. The summed E-state index contributed by atoms with van der Waals surface area (Å²) >= 11 is 0. The molecule has 1 aliphatic rings. The number of carbonyl (C=O) groups excluding carboxylic acids is 1. The van der Waals surface area contributed by atoms with Crippen LogP contribution in [0, 0.1) is 5.41 Å². The normalized spacial score (nSPS) is 21.1. The first-order valence-electron chi connectivity index (χ1n) is 8.08. The molecule has 0 aliphatic heterocycles. The van der Waals surface area contributed by atoms with Gasteiger partial charge in [-0.15, -0.1) is 0 Å². The summed E-state index contributed by atoms with van der Waals surface area (Å²) in [4.78, 5) is 13.8. The third kappa shape index (κ3) is 5.80. The Morgan fingerprint density at radius 3 is 2.50 bits per heavy atom. The summed E-state index contributed by atoms with van der Waals surface area (Å²) in [5.74, 6) is -0.225. The molecule has 1 aliphatic carbocycles. The van der Waals surface area contributed by atoms with Crippen LogP contribution in [0.15, 0.2) is 0 Å². The Morgan fingerprint density at radius 1 is 1.40 bits per heavy atom. The molecule has 118 valence electrons. The number of hydrogen-bond acceptors (Lipinski definition) is 3. The van der Waals surface area contributed by atoms with Crippen LogP contribution in [0.1, 0.15) is 59.3 Å². The summed E-state index contributed by atoms with van der Waals surface area (Å²) in [6.07, 6.45) is 6.98. The molecule has 1 fully saturated rings. The van der Waals surface area contributed by atoms with Crippen molar-refractivity contribution >= 4 is 5.91 Å². The molecule has 0 saturated heterocycles. The first-order valence-corrected chi connectivity index (χ1v) is 8.08. The molecule has 0 heterocycles. The number of carbonyl (C=O) groups is 1. The highest BCUT2D eigenvalue weighted by atomic mass is 16.1. The van der Waals surface area contributed by atoms with Gasteiger partial charge in [-0.05, 0) is 57.5 Å². The minimum atomic E-state index is -0.225. The Bertz CT molecular complexity index is 294. The summed E-state index contributed by atoms with van der Waals surface area (Å²) in [7, 11) is 2.18. The van der Waals surface area contributed by atoms with Crippen molar-refractivity contribution in [2.45, 2.75) is 71.4 Å². The lowest BCUT2D eigenvalue weighted by Gasteiger charge is -2.39. The van der Waals surface area contributed by atoms with Gasteiger partial charge in [-0.1, -0.05) is 20.8 Å². The van der Waals surface area contributed by atoms with E-state index >= 15 is 0 Å². The minimum absolute atomic E-state index is 0.183. The minimum Gasteiger partial charge on any atom is -0.368 e. The Kier molecular flexibility index (Phi) is 6.96. The number of amides is 1. The summed E-state index contributed by atoms with van der Waals surface area (Å²) < 4.78 is 0. The lowest BCUT2D eigenvalue weighted by atomic mass is 9.75. The standard InChI is InChI=1S/C16H33N3O/c1-5-11-18-14(15(17)20)8-12-19(4)13-6-9-16(2,3)10-7-13/h13-14,18H,5-12H2,1-4H3,(H2,17,20). The van der Waals surface area contributed by atoms with Crippen LogP contribution in [-0.2, 0) is 4.79 Å². The van der Waals surface area contributed by atoms with E-state index in [1.807, 2.05) is 0 Å². The predicted octanol–water partition coefficient (Wildman–Crippen LogP) is 2.13. The maximum Gasteiger partial charge on any atom is 0.234 e. The molecule has 3 N–H and O–H groups in total. The summed E-state index contributed by atoms with van der Waals surface area (Å²) in [6.45, 7) is 8.62. The van der Waals surface area contributed by atoms with Crippen LogP contribution in [-0.4, -0.2) is 43.0 Å². The van der Waals surface area contributed by atoms with Crippen molar-refractivity contribution in [1.29, 1.82) is 0 Å². The van der Waals surface area contributed by atoms with E-state index in [1.165, 1.54) is 25.7 Å². The first kappa shape index (κ1) is 17.4. The number of nitrogens with two attached hydrogens (primary N) is 1. The van der Waals surface area contributed by atoms with Crippen LogP contribution in [0.4, 0.5) is 0 Å². The molecule has 0 aromatic rings. The highest BCUT2D eigenvalue weighted by Crippen LogP contribution is 2.36. The predicted molar refractivity (Wildman–Crippen MR) is 84.6 cm³/mol. The van der Waals surface area contributed by atoms with Crippen LogP contribution >= 0.6 is 0 Å². The number of rotatable bonds is 8. The quantitative estimate of drug-likeness (QED) is 0.717. The molecule has 20 heavy (non-hydrogen) atoms. The van der Waals surface area contributed by atoms with Crippen molar-refractivity contribution < 1.29 is 4.79 Å². The van der Waals surface area contributed by atoms with E-state index in [9.17, 15) is 4.79 Å². The SMILES string of the molecule is CCCNC(CCN(C)C1CCC(C)(C)CC1)C(N)=O. The van der Waals surface area contributed by atoms with Gasteiger partial charge in [-0.3, -0.25) is 4.79 Å². The molecule has 1 unspecified atom stereocenters. The fourth-order valence-electron chi connectivity index (χ4n) is 3.00. The maximum atomic E-state index is 11.4. The van der Waals surface area contributed by atoms with Gasteiger partial charge in [0.15, 0.2) is 0 Å². The van der Waals surface area contributed by atoms with E-state index in [0.717, 1.165) is 25.9 Å². The lowest BCUT2D eigenvalue weighted by Crippen LogP contribution is -2.45. The van der Waals surface area contributed by atoms with Crippen molar-refractivity contribution in [1.82, 2.24) is 10.2 Å². The summed E-state index contributed by atoms with van der Waals surface area (Å²) in [6, 6.07) is 0.486. The van der Waals surface area contributed by atoms with Crippen LogP contribution < -0.4 is 11.1 Å². The van der Waals surface area contributed by atoms with Gasteiger partial charge in [-0.2, -0.15) is 0 Å². The van der Waals surface area contributed by atoms with Crippen LogP contribution in [0.5, 0.6) is 0 Å². The second-order valence-corrected chi connectivity index (χ2v) is 7.07. The number of nitrogens with zero attached hydrogens (tertiary/aromatic N) is 1. The maximum absolute atomic E-state index is 11.4. The summed E-state index contributed by atoms with van der Waals surface area (Å²) in [5.41, 5.74) is 5.97. The van der Waals surface area contributed by atoms with Gasteiger partial charge in [0.1, 0.15) is 0 Å². The topological polar surface area (TPSA) is 58.4 Å². The molecule has 1 rings (SSSR count). The average Bonchev–Trinajstić information content (AvgIpc) is 2.38. The van der Waals surface area contributed by atoms with Gasteiger partial charge < -0.3 is 16.0 Å². The molecule has 0 spiro atoms. The van der Waals surface area contributed by atoms with Crippen LogP contribution in [0.2, 0.25) is 0 Å². The van der Waals surface area contributed by atoms with Crippen LogP contribution in [0.25, 0.3) is 0 Å². The van der Waals surface area contributed by atoms with Gasteiger partial charge in [-0.25, -0.2) is 0 Å². The largest absolute Gasteiger partial charge is 0.368 e. The molecule has 1 saturated carbocycles. The Labute approximate surface area is 124 Å². The highest BCUT2D eigenvalue weighted by molar-refractivity contribution is 5.79. The Balaban J connectivity index is 2.34. The molecule has 1 atom stereocenters. The monoisotopic (exact) mass is 283 g/mol. The van der Waals surface area contributed by atoms with Crippen molar-refractivity contribution in [3.8, 4) is 0 Å². The molecular weight excluding hydrogens is 250 g/mol. The summed E-state index contributed by atoms with van der Waals surface area (Å²) in [5, 5.41) is 3.24. The van der Waals surface area contributed by atoms with Crippen molar-refractivity contribution in [3.05, 3.63) is 0 Å². The van der Waals surface area contributed by atoms with E-state index in [1.54, 1.807) is 0 Å². The Hall–Kier alpha value is -0.610. The fourth-order valence-corrected chi connectivity index (χ4v) is 3.00. The van der Waals surface area contributed by atoms with E-state index in [0.29, 0.717) is 11.5 Å².